The average molecular weight is 1160 g/mol. The summed E-state index contributed by atoms with van der Waals surface area (Å²) in [5.41, 5.74) is 8.80. The highest BCUT2D eigenvalue weighted by Crippen LogP contribution is 2.52. The van der Waals surface area contributed by atoms with Crippen molar-refractivity contribution in [2.45, 2.75) is 88.5 Å². The van der Waals surface area contributed by atoms with Crippen molar-refractivity contribution in [3.63, 3.8) is 0 Å². The van der Waals surface area contributed by atoms with Gasteiger partial charge in [-0.2, -0.15) is 0 Å². The van der Waals surface area contributed by atoms with Crippen LogP contribution in [0.15, 0.2) is 91.0 Å². The molecular weight excluding hydrogens is 1070 g/mol. The van der Waals surface area contributed by atoms with Crippen molar-refractivity contribution in [1.29, 1.82) is 0 Å². The van der Waals surface area contributed by atoms with Crippen LogP contribution in [0.3, 0.4) is 0 Å². The van der Waals surface area contributed by atoms with Gasteiger partial charge in [0.1, 0.15) is 65.0 Å². The molecule has 1 saturated heterocycles. The van der Waals surface area contributed by atoms with Crippen LogP contribution in [0.4, 0.5) is 0 Å². The van der Waals surface area contributed by atoms with Crippen molar-refractivity contribution < 1.29 is 57.0 Å². The van der Waals surface area contributed by atoms with E-state index in [1.54, 1.807) is 0 Å². The second-order valence-electron chi connectivity index (χ2n) is 20.7. The Morgan fingerprint density at radius 1 is 0.353 bits per heavy atom. The fraction of sp³-hybridized carbons (Fsp3) is 0.443. The van der Waals surface area contributed by atoms with Gasteiger partial charge in [0, 0.05) is 105 Å². The number of hydrogen-bond acceptors (Lipinski definition) is 15. The molecule has 0 atom stereocenters. The first-order chi connectivity index (χ1) is 41.5. The monoisotopic (exact) mass is 1160 g/mol. The zero-order valence-electron chi connectivity index (χ0n) is 51.8. The van der Waals surface area contributed by atoms with Crippen LogP contribution in [0, 0.1) is 0 Å². The second kappa shape index (κ2) is 31.0. The lowest BCUT2D eigenvalue weighted by Gasteiger charge is -2.19. The van der Waals surface area contributed by atoms with Gasteiger partial charge in [-0.15, -0.1) is 0 Å². The summed E-state index contributed by atoms with van der Waals surface area (Å²) in [6.07, 6.45) is 3.47. The standard InChI is InChI=1S/C24H31NO4.C23H27NO4.C23H29NO4/c1-5-25(6-2)13-10-14-29-20-12-9-11-18-22(20)23-19(24(18)26)15-17(27-7-3)16-21(23)28-8-4;1-3-26-16-14-18-22(20(15-16)27-4-2)21-17(23(18)25)8-7-9-19(21)28-13-12-24-10-5-6-11-24;1-5-24(6-2)12-13-28-19-11-9-10-17-21(19)22-18(23(17)25)14-16(26-7-3)15-20(22)27-8-4/h9,11-12,15-16H,5-8,10,13-14H2,1-4H3;7-9,14-15H,3-6,10-13H2,1-2H3;9-11,14-15H,5-8,12-13H2,1-4H3. The zero-order valence-corrected chi connectivity index (χ0v) is 51.8. The average Bonchev–Trinajstić information content (AvgIpc) is 3.09. The molecular formula is C70H87N3O12. The predicted octanol–water partition coefficient (Wildman–Crippen LogP) is 13.4. The second-order valence-corrected chi connectivity index (χ2v) is 20.7. The summed E-state index contributed by atoms with van der Waals surface area (Å²) < 4.78 is 53.0. The first-order valence-electron chi connectivity index (χ1n) is 30.9. The van der Waals surface area contributed by atoms with E-state index >= 15 is 0 Å². The topological polar surface area (TPSA) is 144 Å². The maximum Gasteiger partial charge on any atom is 0.194 e. The van der Waals surface area contributed by atoms with E-state index in [-0.39, 0.29) is 17.3 Å². The highest BCUT2D eigenvalue weighted by Gasteiger charge is 2.36. The van der Waals surface area contributed by atoms with Crippen LogP contribution >= 0.6 is 0 Å². The molecule has 4 aliphatic rings. The number of rotatable bonds is 29. The number of ether oxygens (including phenoxy) is 9. The van der Waals surface area contributed by atoms with Crippen molar-refractivity contribution in [3.8, 4) is 85.1 Å². The van der Waals surface area contributed by atoms with Crippen LogP contribution in [0.25, 0.3) is 33.4 Å². The lowest BCUT2D eigenvalue weighted by Crippen LogP contribution is -2.28. The fourth-order valence-corrected chi connectivity index (χ4v) is 11.5. The van der Waals surface area contributed by atoms with E-state index in [4.69, 9.17) is 42.6 Å². The van der Waals surface area contributed by atoms with E-state index in [0.29, 0.717) is 127 Å². The first kappa shape index (κ1) is 63.4. The largest absolute Gasteiger partial charge is 0.494 e. The maximum atomic E-state index is 13.1. The molecule has 3 aliphatic carbocycles. The molecule has 6 aromatic carbocycles. The molecule has 1 fully saturated rings. The minimum Gasteiger partial charge on any atom is -0.494 e. The Balaban J connectivity index is 0.000000166. The molecule has 0 N–H and O–H groups in total. The van der Waals surface area contributed by atoms with Crippen LogP contribution in [0.5, 0.6) is 51.7 Å². The quantitative estimate of drug-likeness (QED) is 0.0410. The predicted molar refractivity (Wildman–Crippen MR) is 335 cm³/mol. The first-order valence-corrected chi connectivity index (χ1v) is 30.9. The van der Waals surface area contributed by atoms with Gasteiger partial charge in [0.05, 0.1) is 46.2 Å². The Morgan fingerprint density at radius 3 is 1.04 bits per heavy atom. The molecule has 85 heavy (non-hydrogen) atoms. The van der Waals surface area contributed by atoms with E-state index in [1.165, 1.54) is 12.8 Å². The van der Waals surface area contributed by atoms with Crippen LogP contribution in [-0.4, -0.2) is 150 Å². The Hall–Kier alpha value is -7.59. The highest BCUT2D eigenvalue weighted by atomic mass is 16.5. The maximum absolute atomic E-state index is 13.1. The fourth-order valence-electron chi connectivity index (χ4n) is 11.5. The molecule has 0 aromatic heterocycles. The SMILES string of the molecule is CCOc1cc(OCC)c2c(c1)C(=O)c1cccc(OCCCN(CC)CC)c1-2.CCOc1cc(OCC)c2c(c1)C(=O)c1cccc(OCCN(CC)CC)c1-2.CCOc1cc(OCC)c2c(c1)C(=O)c1cccc(OCCN3CCCC3)c1-2. The third-order valence-corrected chi connectivity index (χ3v) is 15.5. The molecule has 0 spiro atoms. The summed E-state index contributed by atoms with van der Waals surface area (Å²) in [6, 6.07) is 28.1. The van der Waals surface area contributed by atoms with Gasteiger partial charge in [0.25, 0.3) is 0 Å². The van der Waals surface area contributed by atoms with E-state index in [2.05, 4.69) is 42.4 Å². The Kier molecular flexibility index (Phi) is 23.1. The smallest absolute Gasteiger partial charge is 0.194 e. The van der Waals surface area contributed by atoms with Gasteiger partial charge in [-0.25, -0.2) is 0 Å². The molecule has 0 radical (unpaired) electrons. The molecule has 454 valence electrons. The number of hydrogen-bond donors (Lipinski definition) is 0. The van der Waals surface area contributed by atoms with Gasteiger partial charge < -0.3 is 52.4 Å². The lowest BCUT2D eigenvalue weighted by molar-refractivity contribution is 0.103. The minimum absolute atomic E-state index is 0.00232. The molecule has 15 heteroatoms. The Morgan fingerprint density at radius 2 is 0.682 bits per heavy atom. The van der Waals surface area contributed by atoms with E-state index in [0.717, 1.165) is 116 Å². The van der Waals surface area contributed by atoms with Gasteiger partial charge in [0.15, 0.2) is 17.3 Å². The number of ketones is 3. The molecule has 15 nitrogen and oxygen atoms in total. The van der Waals surface area contributed by atoms with Gasteiger partial charge >= 0.3 is 0 Å². The number of fused-ring (bicyclic) bond motifs is 9. The summed E-state index contributed by atoms with van der Waals surface area (Å²) in [5, 5.41) is 0. The number of likely N-dealkylation sites (tertiary alicyclic amines) is 1. The number of likely N-dealkylation sites (N-methyl/N-ethyl adjacent to an activating group) is 1. The Bertz CT molecular complexity index is 3120. The number of nitrogens with zero attached hydrogens (tertiary/aromatic N) is 3. The van der Waals surface area contributed by atoms with Gasteiger partial charge in [-0.1, -0.05) is 64.1 Å². The molecule has 0 bridgehead atoms. The van der Waals surface area contributed by atoms with Gasteiger partial charge in [0.2, 0.25) is 0 Å². The summed E-state index contributed by atoms with van der Waals surface area (Å²) in [5.74, 6) is 6.14. The zero-order chi connectivity index (χ0) is 60.4. The third-order valence-electron chi connectivity index (χ3n) is 15.5. The summed E-state index contributed by atoms with van der Waals surface area (Å²) >= 11 is 0. The normalized spacial score (nSPS) is 13.2. The van der Waals surface area contributed by atoms with Gasteiger partial charge in [-0.3, -0.25) is 19.3 Å². The molecule has 0 unspecified atom stereocenters. The van der Waals surface area contributed by atoms with Crippen molar-refractivity contribution in [2.24, 2.45) is 0 Å². The van der Waals surface area contributed by atoms with Crippen molar-refractivity contribution in [2.75, 3.05) is 118 Å². The molecule has 10 rings (SSSR count). The summed E-state index contributed by atoms with van der Waals surface area (Å²) in [4.78, 5) is 46.3. The Labute approximate surface area is 503 Å². The molecule has 0 amide bonds. The third kappa shape index (κ3) is 14.6. The van der Waals surface area contributed by atoms with Crippen LogP contribution in [0.1, 0.15) is 136 Å². The number of carbonyl (C=O) groups is 3. The van der Waals surface area contributed by atoms with Crippen LogP contribution < -0.4 is 42.6 Å². The highest BCUT2D eigenvalue weighted by molar-refractivity contribution is 6.25. The van der Waals surface area contributed by atoms with Crippen molar-refractivity contribution >= 4 is 17.3 Å². The summed E-state index contributed by atoms with van der Waals surface area (Å²) in [7, 11) is 0. The van der Waals surface area contributed by atoms with Crippen LogP contribution in [0.2, 0.25) is 0 Å². The van der Waals surface area contributed by atoms with E-state index in [1.807, 2.05) is 133 Å². The lowest BCUT2D eigenvalue weighted by atomic mass is 10.0. The number of benzene rings is 6. The minimum atomic E-state index is -0.0123. The summed E-state index contributed by atoms with van der Waals surface area (Å²) in [6.45, 7) is 34.3. The van der Waals surface area contributed by atoms with Crippen LogP contribution in [-0.2, 0) is 0 Å². The molecule has 1 heterocycles. The molecule has 6 aromatic rings. The number of carbonyl (C=O) groups excluding carboxylic acids is 3. The van der Waals surface area contributed by atoms with E-state index < -0.39 is 0 Å². The molecule has 0 saturated carbocycles. The van der Waals surface area contributed by atoms with Crippen molar-refractivity contribution in [1.82, 2.24) is 14.7 Å². The van der Waals surface area contributed by atoms with E-state index in [9.17, 15) is 14.4 Å². The molecule has 1 aliphatic heterocycles. The van der Waals surface area contributed by atoms with Crippen molar-refractivity contribution in [3.05, 3.63) is 124 Å². The van der Waals surface area contributed by atoms with Gasteiger partial charge in [-0.05, 0) is 136 Å².